The SMILES string of the molecule is CC(Cl)C(=O)c1cc(Br)ccc1CCl. The number of rotatable bonds is 3. The van der Waals surface area contributed by atoms with Crippen molar-refractivity contribution in [1.82, 2.24) is 0 Å². The fourth-order valence-corrected chi connectivity index (χ4v) is 1.82. The summed E-state index contributed by atoms with van der Waals surface area (Å²) >= 11 is 14.8. The van der Waals surface area contributed by atoms with Gasteiger partial charge in [-0.05, 0) is 24.6 Å². The van der Waals surface area contributed by atoms with Crippen LogP contribution >= 0.6 is 39.1 Å². The maximum absolute atomic E-state index is 11.7. The van der Waals surface area contributed by atoms with Crippen molar-refractivity contribution in [2.24, 2.45) is 0 Å². The Morgan fingerprint density at radius 2 is 2.21 bits per heavy atom. The molecular formula is C10H9BrCl2O. The highest BCUT2D eigenvalue weighted by molar-refractivity contribution is 9.10. The van der Waals surface area contributed by atoms with Gasteiger partial charge < -0.3 is 0 Å². The van der Waals surface area contributed by atoms with Gasteiger partial charge in [-0.2, -0.15) is 0 Å². The lowest BCUT2D eigenvalue weighted by molar-refractivity contribution is 0.0991. The van der Waals surface area contributed by atoms with Crippen LogP contribution < -0.4 is 0 Å². The van der Waals surface area contributed by atoms with Gasteiger partial charge in [0, 0.05) is 15.9 Å². The third-order valence-electron chi connectivity index (χ3n) is 1.84. The first kappa shape index (κ1) is 12.0. The summed E-state index contributed by atoms with van der Waals surface area (Å²) < 4.78 is 0.854. The number of carbonyl (C=O) groups excluding carboxylic acids is 1. The van der Waals surface area contributed by atoms with Crippen molar-refractivity contribution in [2.75, 3.05) is 0 Å². The number of hydrogen-bond donors (Lipinski definition) is 0. The van der Waals surface area contributed by atoms with Gasteiger partial charge in [0.05, 0.1) is 5.38 Å². The maximum atomic E-state index is 11.7. The Hall–Kier alpha value is -0.0500. The molecule has 0 saturated carbocycles. The summed E-state index contributed by atoms with van der Waals surface area (Å²) in [6, 6.07) is 5.43. The van der Waals surface area contributed by atoms with E-state index in [1.165, 1.54) is 0 Å². The highest BCUT2D eigenvalue weighted by atomic mass is 79.9. The zero-order valence-electron chi connectivity index (χ0n) is 7.56. The first-order chi connectivity index (χ1) is 6.56. The van der Waals surface area contributed by atoms with Crippen LogP contribution in [0.15, 0.2) is 22.7 Å². The number of benzene rings is 1. The Bertz CT molecular complexity index is 350. The van der Waals surface area contributed by atoms with Crippen LogP contribution in [0.3, 0.4) is 0 Å². The quantitative estimate of drug-likeness (QED) is 0.608. The van der Waals surface area contributed by atoms with Crippen molar-refractivity contribution in [1.29, 1.82) is 0 Å². The second kappa shape index (κ2) is 5.15. The predicted octanol–water partition coefficient (Wildman–Crippen LogP) is 4.00. The molecule has 0 aliphatic rings. The van der Waals surface area contributed by atoms with Crippen LogP contribution in [0.1, 0.15) is 22.8 Å². The molecule has 0 spiro atoms. The van der Waals surface area contributed by atoms with Gasteiger partial charge in [-0.3, -0.25) is 4.79 Å². The molecule has 0 bridgehead atoms. The van der Waals surface area contributed by atoms with E-state index in [0.717, 1.165) is 10.0 Å². The monoisotopic (exact) mass is 294 g/mol. The number of carbonyl (C=O) groups is 1. The van der Waals surface area contributed by atoms with E-state index in [1.807, 2.05) is 12.1 Å². The van der Waals surface area contributed by atoms with Crippen LogP contribution in [0.25, 0.3) is 0 Å². The highest BCUT2D eigenvalue weighted by Crippen LogP contribution is 2.20. The molecule has 0 aliphatic heterocycles. The van der Waals surface area contributed by atoms with Crippen molar-refractivity contribution < 1.29 is 4.79 Å². The molecule has 1 aromatic carbocycles. The van der Waals surface area contributed by atoms with Crippen LogP contribution in [0.5, 0.6) is 0 Å². The largest absolute Gasteiger partial charge is 0.293 e. The van der Waals surface area contributed by atoms with Crippen LogP contribution in [-0.2, 0) is 5.88 Å². The van der Waals surface area contributed by atoms with Crippen LogP contribution in [0, 0.1) is 0 Å². The smallest absolute Gasteiger partial charge is 0.180 e. The van der Waals surface area contributed by atoms with Crippen molar-refractivity contribution in [3.8, 4) is 0 Å². The molecule has 0 saturated heterocycles. The third-order valence-corrected chi connectivity index (χ3v) is 2.82. The second-order valence-corrected chi connectivity index (χ2v) is 4.75. The zero-order chi connectivity index (χ0) is 10.7. The second-order valence-electron chi connectivity index (χ2n) is 2.92. The molecule has 0 radical (unpaired) electrons. The molecule has 76 valence electrons. The van der Waals surface area contributed by atoms with Gasteiger partial charge in [0.25, 0.3) is 0 Å². The summed E-state index contributed by atoms with van der Waals surface area (Å²) in [7, 11) is 0. The molecule has 0 amide bonds. The van der Waals surface area contributed by atoms with E-state index in [-0.39, 0.29) is 5.78 Å². The molecule has 0 aliphatic carbocycles. The molecule has 0 aromatic heterocycles. The van der Waals surface area contributed by atoms with Crippen molar-refractivity contribution in [3.05, 3.63) is 33.8 Å². The topological polar surface area (TPSA) is 17.1 Å². The summed E-state index contributed by atoms with van der Waals surface area (Å²) in [5.41, 5.74) is 1.41. The standard InChI is InChI=1S/C10H9BrCl2O/c1-6(13)10(14)9-4-8(11)3-2-7(9)5-12/h2-4,6H,5H2,1H3. The van der Waals surface area contributed by atoms with Gasteiger partial charge >= 0.3 is 0 Å². The Labute approximate surface area is 102 Å². The lowest BCUT2D eigenvalue weighted by Gasteiger charge is -2.07. The number of halogens is 3. The molecule has 4 heteroatoms. The predicted molar refractivity (Wildman–Crippen MR) is 63.3 cm³/mol. The van der Waals surface area contributed by atoms with E-state index < -0.39 is 5.38 Å². The molecule has 14 heavy (non-hydrogen) atoms. The summed E-state index contributed by atoms with van der Waals surface area (Å²) in [5, 5.41) is -0.522. The maximum Gasteiger partial charge on any atom is 0.180 e. The Balaban J connectivity index is 3.17. The van der Waals surface area contributed by atoms with Gasteiger partial charge in [0.1, 0.15) is 0 Å². The molecule has 1 atom stereocenters. The Morgan fingerprint density at radius 1 is 1.57 bits per heavy atom. The summed E-state index contributed by atoms with van der Waals surface area (Å²) in [5.74, 6) is 0.224. The Kier molecular flexibility index (Phi) is 4.42. The highest BCUT2D eigenvalue weighted by Gasteiger charge is 2.15. The van der Waals surface area contributed by atoms with E-state index in [9.17, 15) is 4.79 Å². The van der Waals surface area contributed by atoms with E-state index in [4.69, 9.17) is 23.2 Å². The van der Waals surface area contributed by atoms with Gasteiger partial charge in [-0.15, -0.1) is 23.2 Å². The fraction of sp³-hybridized carbons (Fsp3) is 0.300. The van der Waals surface area contributed by atoms with Gasteiger partial charge in [0.15, 0.2) is 5.78 Å². The van der Waals surface area contributed by atoms with Crippen LogP contribution in [-0.4, -0.2) is 11.2 Å². The number of hydrogen-bond acceptors (Lipinski definition) is 1. The zero-order valence-corrected chi connectivity index (χ0v) is 10.7. The average molecular weight is 296 g/mol. The number of alkyl halides is 2. The molecular weight excluding hydrogens is 287 g/mol. The van der Waals surface area contributed by atoms with Gasteiger partial charge in [-0.1, -0.05) is 22.0 Å². The minimum absolute atomic E-state index is 0.0939. The molecule has 0 fully saturated rings. The van der Waals surface area contributed by atoms with Gasteiger partial charge in [0.2, 0.25) is 0 Å². The average Bonchev–Trinajstić information content (AvgIpc) is 2.16. The normalized spacial score (nSPS) is 12.6. The first-order valence-corrected chi connectivity index (χ1v) is 5.85. The van der Waals surface area contributed by atoms with Crippen molar-refractivity contribution >= 4 is 44.9 Å². The van der Waals surface area contributed by atoms with E-state index in [2.05, 4.69) is 15.9 Å². The number of ketones is 1. The van der Waals surface area contributed by atoms with E-state index in [1.54, 1.807) is 13.0 Å². The van der Waals surface area contributed by atoms with Crippen molar-refractivity contribution in [3.63, 3.8) is 0 Å². The summed E-state index contributed by atoms with van der Waals surface area (Å²) in [6.45, 7) is 1.66. The van der Waals surface area contributed by atoms with Crippen LogP contribution in [0.4, 0.5) is 0 Å². The molecule has 0 N–H and O–H groups in total. The summed E-state index contributed by atoms with van der Waals surface area (Å²) in [6.07, 6.45) is 0. The lowest BCUT2D eigenvalue weighted by Crippen LogP contribution is -2.12. The van der Waals surface area contributed by atoms with Gasteiger partial charge in [-0.25, -0.2) is 0 Å². The molecule has 1 nitrogen and oxygen atoms in total. The molecule has 1 aromatic rings. The summed E-state index contributed by atoms with van der Waals surface area (Å²) in [4.78, 5) is 11.7. The molecule has 0 heterocycles. The third kappa shape index (κ3) is 2.72. The van der Waals surface area contributed by atoms with Crippen LogP contribution in [0.2, 0.25) is 0 Å². The first-order valence-electron chi connectivity index (χ1n) is 4.09. The Morgan fingerprint density at radius 3 is 2.71 bits per heavy atom. The van der Waals surface area contributed by atoms with Crippen molar-refractivity contribution in [2.45, 2.75) is 18.2 Å². The number of Topliss-reactive ketones (excluding diaryl/α,β-unsaturated/α-hetero) is 1. The molecule has 1 unspecified atom stereocenters. The molecule has 1 rings (SSSR count). The van der Waals surface area contributed by atoms with E-state index >= 15 is 0 Å². The lowest BCUT2D eigenvalue weighted by atomic mass is 10.0. The minimum Gasteiger partial charge on any atom is -0.293 e. The minimum atomic E-state index is -0.522. The fourth-order valence-electron chi connectivity index (χ4n) is 1.11. The van der Waals surface area contributed by atoms with E-state index in [0.29, 0.717) is 11.4 Å².